The summed E-state index contributed by atoms with van der Waals surface area (Å²) in [5.41, 5.74) is 3.66. The molecule has 4 heteroatoms. The maximum absolute atomic E-state index is 4.57. The molecule has 1 aromatic carbocycles. The van der Waals surface area contributed by atoms with Gasteiger partial charge in [0.2, 0.25) is 0 Å². The number of nitrogens with one attached hydrogen (secondary N) is 1. The zero-order valence-electron chi connectivity index (χ0n) is 13.0. The number of anilines is 3. The van der Waals surface area contributed by atoms with Crippen molar-refractivity contribution in [1.29, 1.82) is 0 Å². The van der Waals surface area contributed by atoms with Gasteiger partial charge in [0.15, 0.2) is 0 Å². The van der Waals surface area contributed by atoms with Gasteiger partial charge < -0.3 is 10.2 Å². The summed E-state index contributed by atoms with van der Waals surface area (Å²) in [5.74, 6) is 2.72. The Labute approximate surface area is 126 Å². The van der Waals surface area contributed by atoms with Gasteiger partial charge in [0, 0.05) is 24.8 Å². The first-order chi connectivity index (χ1) is 10.1. The van der Waals surface area contributed by atoms with E-state index in [1.165, 1.54) is 24.0 Å². The molecule has 2 heterocycles. The molecule has 1 aliphatic rings. The second-order valence-electron chi connectivity index (χ2n) is 5.73. The van der Waals surface area contributed by atoms with E-state index in [4.69, 9.17) is 0 Å². The van der Waals surface area contributed by atoms with Crippen LogP contribution in [0.3, 0.4) is 0 Å². The largest absolute Gasteiger partial charge is 0.356 e. The van der Waals surface area contributed by atoms with E-state index in [0.717, 1.165) is 36.2 Å². The predicted molar refractivity (Wildman–Crippen MR) is 87.4 cm³/mol. The van der Waals surface area contributed by atoms with Crippen molar-refractivity contribution < 1.29 is 0 Å². The van der Waals surface area contributed by atoms with Crippen LogP contribution in [0.5, 0.6) is 0 Å². The van der Waals surface area contributed by atoms with Crippen molar-refractivity contribution in [3.63, 3.8) is 0 Å². The summed E-state index contributed by atoms with van der Waals surface area (Å²) < 4.78 is 0. The molecule has 110 valence electrons. The molecular weight excluding hydrogens is 260 g/mol. The highest BCUT2D eigenvalue weighted by molar-refractivity contribution is 5.64. The van der Waals surface area contributed by atoms with Crippen molar-refractivity contribution >= 4 is 17.3 Å². The fourth-order valence-electron chi connectivity index (χ4n) is 2.75. The minimum Gasteiger partial charge on any atom is -0.356 e. The Hall–Kier alpha value is -2.10. The third-order valence-electron chi connectivity index (χ3n) is 4.12. The summed E-state index contributed by atoms with van der Waals surface area (Å²) in [7, 11) is 0. The van der Waals surface area contributed by atoms with Crippen LogP contribution < -0.4 is 10.2 Å². The number of benzene rings is 1. The van der Waals surface area contributed by atoms with Crippen LogP contribution in [0.2, 0.25) is 0 Å². The first-order valence-corrected chi connectivity index (χ1v) is 7.57. The normalized spacial score (nSPS) is 14.5. The molecular formula is C17H22N4. The first-order valence-electron chi connectivity index (χ1n) is 7.57. The van der Waals surface area contributed by atoms with Gasteiger partial charge in [-0.2, -0.15) is 0 Å². The van der Waals surface area contributed by atoms with Gasteiger partial charge in [0.25, 0.3) is 0 Å². The molecule has 1 saturated heterocycles. The van der Waals surface area contributed by atoms with E-state index < -0.39 is 0 Å². The summed E-state index contributed by atoms with van der Waals surface area (Å²) >= 11 is 0. The molecule has 0 bridgehead atoms. The molecule has 1 aliphatic heterocycles. The van der Waals surface area contributed by atoms with Crippen LogP contribution in [0, 0.1) is 20.8 Å². The van der Waals surface area contributed by atoms with Crippen LogP contribution in [0.25, 0.3) is 0 Å². The zero-order chi connectivity index (χ0) is 14.8. The van der Waals surface area contributed by atoms with Crippen LogP contribution in [0.15, 0.2) is 24.3 Å². The summed E-state index contributed by atoms with van der Waals surface area (Å²) in [6.07, 6.45) is 2.51. The molecule has 1 aromatic heterocycles. The summed E-state index contributed by atoms with van der Waals surface area (Å²) in [6, 6.07) is 8.34. The Kier molecular flexibility index (Phi) is 3.78. The lowest BCUT2D eigenvalue weighted by Crippen LogP contribution is -2.19. The van der Waals surface area contributed by atoms with Crippen molar-refractivity contribution in [2.24, 2.45) is 0 Å². The van der Waals surface area contributed by atoms with Gasteiger partial charge in [-0.1, -0.05) is 12.1 Å². The molecule has 0 radical (unpaired) electrons. The number of hydrogen-bond acceptors (Lipinski definition) is 4. The molecule has 0 amide bonds. The van der Waals surface area contributed by atoms with E-state index in [9.17, 15) is 0 Å². The fraction of sp³-hybridized carbons (Fsp3) is 0.412. The standard InChI is InChI=1S/C17H22N4/c1-12-7-6-8-15(13(12)2)20-16-11-17(19-14(3)18-16)21-9-4-5-10-21/h6-8,11H,4-5,9-10H2,1-3H3,(H,18,19,20). The van der Waals surface area contributed by atoms with Gasteiger partial charge in [-0.3, -0.25) is 0 Å². The summed E-state index contributed by atoms with van der Waals surface area (Å²) in [6.45, 7) is 8.40. The average molecular weight is 282 g/mol. The van der Waals surface area contributed by atoms with Crippen molar-refractivity contribution in [2.75, 3.05) is 23.3 Å². The van der Waals surface area contributed by atoms with Gasteiger partial charge in [-0.15, -0.1) is 0 Å². The van der Waals surface area contributed by atoms with Crippen molar-refractivity contribution in [3.8, 4) is 0 Å². The Bertz CT molecular complexity index is 645. The number of hydrogen-bond donors (Lipinski definition) is 1. The lowest BCUT2D eigenvalue weighted by Gasteiger charge is -2.18. The monoisotopic (exact) mass is 282 g/mol. The number of aromatic nitrogens is 2. The highest BCUT2D eigenvalue weighted by Gasteiger charge is 2.15. The van der Waals surface area contributed by atoms with Crippen LogP contribution in [0.4, 0.5) is 17.3 Å². The molecule has 0 unspecified atom stereocenters. The van der Waals surface area contributed by atoms with Crippen LogP contribution in [-0.2, 0) is 0 Å². The van der Waals surface area contributed by atoms with Crippen molar-refractivity contribution in [3.05, 3.63) is 41.2 Å². The van der Waals surface area contributed by atoms with E-state index in [2.05, 4.69) is 58.3 Å². The number of aryl methyl sites for hydroxylation is 2. The highest BCUT2D eigenvalue weighted by Crippen LogP contribution is 2.25. The van der Waals surface area contributed by atoms with E-state index in [-0.39, 0.29) is 0 Å². The van der Waals surface area contributed by atoms with Crippen molar-refractivity contribution in [1.82, 2.24) is 9.97 Å². The lowest BCUT2D eigenvalue weighted by atomic mass is 10.1. The van der Waals surface area contributed by atoms with E-state index in [1.807, 2.05) is 6.92 Å². The molecule has 2 aromatic rings. The maximum atomic E-state index is 4.57. The quantitative estimate of drug-likeness (QED) is 0.931. The fourth-order valence-corrected chi connectivity index (χ4v) is 2.75. The van der Waals surface area contributed by atoms with Crippen LogP contribution in [0.1, 0.15) is 29.8 Å². The second kappa shape index (κ2) is 5.72. The smallest absolute Gasteiger partial charge is 0.136 e. The van der Waals surface area contributed by atoms with Gasteiger partial charge in [0.1, 0.15) is 17.5 Å². The summed E-state index contributed by atoms with van der Waals surface area (Å²) in [4.78, 5) is 11.4. The Morgan fingerprint density at radius 2 is 1.81 bits per heavy atom. The molecule has 0 atom stereocenters. The average Bonchev–Trinajstić information content (AvgIpc) is 2.97. The molecule has 0 saturated carbocycles. The zero-order valence-corrected chi connectivity index (χ0v) is 13.0. The molecule has 3 rings (SSSR count). The van der Waals surface area contributed by atoms with Crippen LogP contribution >= 0.6 is 0 Å². The highest BCUT2D eigenvalue weighted by atomic mass is 15.2. The SMILES string of the molecule is Cc1nc(Nc2cccc(C)c2C)cc(N2CCCC2)n1. The molecule has 0 aliphatic carbocycles. The van der Waals surface area contributed by atoms with Gasteiger partial charge in [-0.25, -0.2) is 9.97 Å². The topological polar surface area (TPSA) is 41.1 Å². The second-order valence-corrected chi connectivity index (χ2v) is 5.73. The van der Waals surface area contributed by atoms with E-state index in [1.54, 1.807) is 0 Å². The molecule has 21 heavy (non-hydrogen) atoms. The van der Waals surface area contributed by atoms with Gasteiger partial charge >= 0.3 is 0 Å². The predicted octanol–water partition coefficient (Wildman–Crippen LogP) is 3.75. The Morgan fingerprint density at radius 1 is 1.05 bits per heavy atom. The van der Waals surface area contributed by atoms with E-state index >= 15 is 0 Å². The third-order valence-corrected chi connectivity index (χ3v) is 4.12. The molecule has 1 N–H and O–H groups in total. The minimum atomic E-state index is 0.812. The number of nitrogens with zero attached hydrogens (tertiary/aromatic N) is 3. The van der Waals surface area contributed by atoms with Crippen molar-refractivity contribution in [2.45, 2.75) is 33.6 Å². The lowest BCUT2D eigenvalue weighted by molar-refractivity contribution is 0.911. The molecule has 0 spiro atoms. The molecule has 4 nitrogen and oxygen atoms in total. The Balaban J connectivity index is 1.89. The van der Waals surface area contributed by atoms with Gasteiger partial charge in [0.05, 0.1) is 0 Å². The van der Waals surface area contributed by atoms with Crippen LogP contribution in [-0.4, -0.2) is 23.1 Å². The molecule has 1 fully saturated rings. The third kappa shape index (κ3) is 2.99. The van der Waals surface area contributed by atoms with E-state index in [0.29, 0.717) is 0 Å². The number of rotatable bonds is 3. The Morgan fingerprint density at radius 3 is 2.57 bits per heavy atom. The minimum absolute atomic E-state index is 0.812. The maximum Gasteiger partial charge on any atom is 0.136 e. The van der Waals surface area contributed by atoms with Gasteiger partial charge in [-0.05, 0) is 50.8 Å². The summed E-state index contributed by atoms with van der Waals surface area (Å²) in [5, 5.41) is 3.44. The first kappa shape index (κ1) is 13.9.